The number of carboxylic acids is 1. The summed E-state index contributed by atoms with van der Waals surface area (Å²) in [6.45, 7) is -0.322. The third-order valence-corrected chi connectivity index (χ3v) is 5.93. The molecule has 12 heteroatoms. The Kier molecular flexibility index (Phi) is 9.18. The number of carbonyl (C=O) groups is 2. The van der Waals surface area contributed by atoms with Gasteiger partial charge in [-0.15, -0.1) is 12.4 Å². The predicted octanol–water partition coefficient (Wildman–Crippen LogP) is 3.22. The lowest BCUT2D eigenvalue weighted by Gasteiger charge is -2.19. The van der Waals surface area contributed by atoms with Crippen LogP contribution in [0.4, 0.5) is 5.69 Å². The van der Waals surface area contributed by atoms with Gasteiger partial charge in [0.2, 0.25) is 15.9 Å². The van der Waals surface area contributed by atoms with Crippen molar-refractivity contribution in [3.8, 4) is 5.75 Å². The number of aromatic nitrogens is 1. The largest absolute Gasteiger partial charge is 0.490 e. The highest BCUT2D eigenvalue weighted by molar-refractivity contribution is 7.89. The van der Waals surface area contributed by atoms with Gasteiger partial charge in [-0.05, 0) is 60.7 Å². The van der Waals surface area contributed by atoms with Crippen LogP contribution in [-0.4, -0.2) is 43.0 Å². The maximum Gasteiger partial charge on any atom is 0.335 e. The molecule has 33 heavy (non-hydrogen) atoms. The van der Waals surface area contributed by atoms with Gasteiger partial charge < -0.3 is 15.2 Å². The lowest BCUT2D eigenvalue weighted by molar-refractivity contribution is -0.118. The molecule has 3 rings (SSSR count). The fraction of sp³-hybridized carbons (Fsp3) is 0.0952. The molecule has 3 aromatic rings. The molecule has 1 heterocycles. The van der Waals surface area contributed by atoms with Crippen LogP contribution in [-0.2, 0) is 14.8 Å². The van der Waals surface area contributed by atoms with Crippen LogP contribution in [0, 0.1) is 0 Å². The quantitative estimate of drug-likeness (QED) is 0.401. The molecule has 174 valence electrons. The van der Waals surface area contributed by atoms with E-state index in [1.54, 1.807) is 18.3 Å². The predicted molar refractivity (Wildman–Crippen MR) is 125 cm³/mol. The average Bonchev–Trinajstić information content (AvgIpc) is 2.78. The van der Waals surface area contributed by atoms with E-state index in [-0.39, 0.29) is 35.2 Å². The number of carboxylic acid groups (broad SMARTS) is 1. The van der Waals surface area contributed by atoms with Crippen molar-refractivity contribution in [3.05, 3.63) is 83.6 Å². The van der Waals surface area contributed by atoms with E-state index < -0.39 is 27.9 Å². The van der Waals surface area contributed by atoms with Gasteiger partial charge in [0.05, 0.1) is 16.7 Å². The van der Waals surface area contributed by atoms with Crippen LogP contribution in [0.3, 0.4) is 0 Å². The molecule has 3 N–H and O–H groups in total. The second-order valence-corrected chi connectivity index (χ2v) is 8.65. The van der Waals surface area contributed by atoms with Gasteiger partial charge in [0, 0.05) is 16.9 Å². The first kappa shape index (κ1) is 26.1. The number of aromatic carboxylic acids is 1. The Morgan fingerprint density at radius 2 is 1.73 bits per heavy atom. The molecule has 1 amide bonds. The number of amides is 1. The molecular formula is C21H19Cl2N3O6S. The minimum Gasteiger partial charge on any atom is -0.490 e. The summed E-state index contributed by atoms with van der Waals surface area (Å²) in [5.41, 5.74) is 0.333. The minimum absolute atomic E-state index is 0. The summed E-state index contributed by atoms with van der Waals surface area (Å²) in [5, 5.41) is 11.9. The van der Waals surface area contributed by atoms with Crippen molar-refractivity contribution in [3.63, 3.8) is 0 Å². The minimum atomic E-state index is -4.08. The zero-order chi connectivity index (χ0) is 23.1. The summed E-state index contributed by atoms with van der Waals surface area (Å²) < 4.78 is 33.4. The normalized spacial score (nSPS) is 11.7. The van der Waals surface area contributed by atoms with E-state index >= 15 is 0 Å². The molecule has 0 fully saturated rings. The van der Waals surface area contributed by atoms with E-state index in [0.717, 1.165) is 0 Å². The van der Waals surface area contributed by atoms with Crippen molar-refractivity contribution >= 4 is 51.6 Å². The second kappa shape index (κ2) is 11.6. The fourth-order valence-corrected chi connectivity index (χ4v) is 3.88. The maximum atomic E-state index is 12.8. The molecule has 0 bridgehead atoms. The third-order valence-electron chi connectivity index (χ3n) is 4.19. The molecule has 1 atom stereocenters. The number of pyridine rings is 1. The Balaban J connectivity index is 0.00000385. The Labute approximate surface area is 201 Å². The molecule has 1 aromatic heterocycles. The van der Waals surface area contributed by atoms with Gasteiger partial charge in [-0.3, -0.25) is 9.78 Å². The van der Waals surface area contributed by atoms with Crippen LogP contribution >= 0.6 is 24.0 Å². The van der Waals surface area contributed by atoms with Gasteiger partial charge in [-0.2, -0.15) is 4.72 Å². The van der Waals surface area contributed by atoms with Crippen LogP contribution < -0.4 is 14.8 Å². The van der Waals surface area contributed by atoms with Crippen LogP contribution in [0.25, 0.3) is 0 Å². The summed E-state index contributed by atoms with van der Waals surface area (Å²) in [6, 6.07) is 12.8. The molecule has 2 aromatic carbocycles. The fourth-order valence-electron chi connectivity index (χ4n) is 2.57. The molecule has 0 saturated heterocycles. The van der Waals surface area contributed by atoms with Crippen molar-refractivity contribution < 1.29 is 27.9 Å². The number of benzene rings is 2. The highest BCUT2D eigenvalue weighted by atomic mass is 35.5. The monoisotopic (exact) mass is 511 g/mol. The maximum absolute atomic E-state index is 12.8. The summed E-state index contributed by atoms with van der Waals surface area (Å²) in [4.78, 5) is 27.7. The number of nitrogens with zero attached hydrogens (tertiary/aromatic N) is 1. The van der Waals surface area contributed by atoms with Crippen LogP contribution in [0.5, 0.6) is 5.75 Å². The molecule has 0 spiro atoms. The molecule has 0 aliphatic heterocycles. The number of sulfonamides is 1. The molecule has 0 radical (unpaired) electrons. The van der Waals surface area contributed by atoms with Crippen LogP contribution in [0.1, 0.15) is 10.4 Å². The first-order valence-corrected chi connectivity index (χ1v) is 11.1. The Bertz CT molecular complexity index is 1190. The standard InChI is InChI=1S/C21H18ClN3O6S.ClH/c22-15-5-9-18(10-6-15)32(29,30)25-19(13-31-17-2-1-11-23-12-17)20(26)24-16-7-3-14(4-8-16)21(27)28;/h1-12,19,25H,13H2,(H,24,26)(H,27,28);1H/t19-;/m0./s1. The van der Waals surface area contributed by atoms with Gasteiger partial charge in [-0.1, -0.05) is 11.6 Å². The van der Waals surface area contributed by atoms with Gasteiger partial charge in [-0.25, -0.2) is 13.2 Å². The van der Waals surface area contributed by atoms with Crippen molar-refractivity contribution in [1.29, 1.82) is 0 Å². The third kappa shape index (κ3) is 7.43. The summed E-state index contributed by atoms with van der Waals surface area (Å²) in [6.07, 6.45) is 2.97. The van der Waals surface area contributed by atoms with E-state index in [0.29, 0.717) is 10.8 Å². The number of hydrogen-bond donors (Lipinski definition) is 3. The Morgan fingerprint density at radius 1 is 1.06 bits per heavy atom. The number of halogens is 2. The lowest BCUT2D eigenvalue weighted by atomic mass is 10.2. The SMILES string of the molecule is Cl.O=C(O)c1ccc(NC(=O)[C@H](COc2cccnc2)NS(=O)(=O)c2ccc(Cl)cc2)cc1. The van der Waals surface area contributed by atoms with Gasteiger partial charge in [0.25, 0.3) is 0 Å². The summed E-state index contributed by atoms with van der Waals surface area (Å²) in [5.74, 6) is -1.46. The van der Waals surface area contributed by atoms with E-state index in [9.17, 15) is 18.0 Å². The van der Waals surface area contributed by atoms with Crippen LogP contribution in [0.15, 0.2) is 78.0 Å². The first-order chi connectivity index (χ1) is 15.2. The summed E-state index contributed by atoms with van der Waals surface area (Å²) in [7, 11) is -4.08. The molecule has 9 nitrogen and oxygen atoms in total. The number of rotatable bonds is 9. The second-order valence-electron chi connectivity index (χ2n) is 6.50. The highest BCUT2D eigenvalue weighted by Gasteiger charge is 2.27. The number of carbonyl (C=O) groups excluding carboxylic acids is 1. The topological polar surface area (TPSA) is 135 Å². The van der Waals surface area contributed by atoms with Crippen molar-refractivity contribution in [2.24, 2.45) is 0 Å². The van der Waals surface area contributed by atoms with Crippen molar-refractivity contribution in [2.45, 2.75) is 10.9 Å². The molecular weight excluding hydrogens is 493 g/mol. The average molecular weight is 512 g/mol. The Morgan fingerprint density at radius 3 is 2.30 bits per heavy atom. The highest BCUT2D eigenvalue weighted by Crippen LogP contribution is 2.16. The van der Waals surface area contributed by atoms with Gasteiger partial charge >= 0.3 is 5.97 Å². The zero-order valence-electron chi connectivity index (χ0n) is 16.8. The molecule has 0 aliphatic carbocycles. The number of hydrogen-bond acceptors (Lipinski definition) is 6. The number of nitrogens with one attached hydrogen (secondary N) is 2. The van der Waals surface area contributed by atoms with E-state index in [1.807, 2.05) is 0 Å². The molecule has 0 aliphatic rings. The van der Waals surface area contributed by atoms with Gasteiger partial charge in [0.15, 0.2) is 0 Å². The van der Waals surface area contributed by atoms with Crippen molar-refractivity contribution in [1.82, 2.24) is 9.71 Å². The van der Waals surface area contributed by atoms with E-state index in [4.69, 9.17) is 21.4 Å². The van der Waals surface area contributed by atoms with Crippen molar-refractivity contribution in [2.75, 3.05) is 11.9 Å². The number of ether oxygens (including phenoxy) is 1. The Hall–Kier alpha value is -3.18. The summed E-state index contributed by atoms with van der Waals surface area (Å²) >= 11 is 5.81. The smallest absolute Gasteiger partial charge is 0.335 e. The molecule has 0 unspecified atom stereocenters. The van der Waals surface area contributed by atoms with Gasteiger partial charge in [0.1, 0.15) is 18.4 Å². The molecule has 0 saturated carbocycles. The first-order valence-electron chi connectivity index (χ1n) is 9.19. The van der Waals surface area contributed by atoms with Crippen LogP contribution in [0.2, 0.25) is 5.02 Å². The zero-order valence-corrected chi connectivity index (χ0v) is 19.2. The van der Waals surface area contributed by atoms with E-state index in [1.165, 1.54) is 54.7 Å². The lowest BCUT2D eigenvalue weighted by Crippen LogP contribution is -2.47. The van der Waals surface area contributed by atoms with E-state index in [2.05, 4.69) is 15.0 Å². The number of anilines is 1.